The number of amides is 1. The molecule has 4 atom stereocenters. The Kier molecular flexibility index (Phi) is 12.4. The van der Waals surface area contributed by atoms with Gasteiger partial charge in [-0.25, -0.2) is 9.18 Å². The molecule has 0 aromatic heterocycles. The molecule has 0 spiro atoms. The molecule has 2 heterocycles. The van der Waals surface area contributed by atoms with Gasteiger partial charge >= 0.3 is 5.97 Å². The fourth-order valence-electron chi connectivity index (χ4n) is 8.00. The van der Waals surface area contributed by atoms with Gasteiger partial charge in [-0.3, -0.25) is 9.69 Å². The molecule has 306 valence electrons. The molecular formula is C49H43Cl2FN2O6. The average molecular weight is 846 g/mol. The van der Waals surface area contributed by atoms with Crippen LogP contribution in [0.1, 0.15) is 58.9 Å². The molecule has 60 heavy (non-hydrogen) atoms. The Morgan fingerprint density at radius 1 is 0.833 bits per heavy atom. The smallest absolute Gasteiger partial charge is 0.326 e. The van der Waals surface area contributed by atoms with E-state index in [4.69, 9.17) is 37.4 Å². The van der Waals surface area contributed by atoms with Gasteiger partial charge < -0.3 is 24.6 Å². The van der Waals surface area contributed by atoms with Gasteiger partial charge in [0.2, 0.25) is 5.91 Å². The van der Waals surface area contributed by atoms with Crippen LogP contribution in [0.15, 0.2) is 133 Å². The van der Waals surface area contributed by atoms with Crippen LogP contribution in [0.3, 0.4) is 0 Å². The lowest BCUT2D eigenvalue weighted by atomic mass is 9.89. The molecule has 0 fully saturated rings. The van der Waals surface area contributed by atoms with Gasteiger partial charge in [0, 0.05) is 19.0 Å². The van der Waals surface area contributed by atoms with E-state index >= 15 is 0 Å². The average Bonchev–Trinajstić information content (AvgIpc) is 3.26. The number of fused-ring (bicyclic) bond motifs is 2. The van der Waals surface area contributed by atoms with Gasteiger partial charge in [0.15, 0.2) is 17.6 Å². The highest BCUT2D eigenvalue weighted by molar-refractivity contribution is 6.42. The Labute approximate surface area is 358 Å². The first-order valence-electron chi connectivity index (χ1n) is 19.9. The van der Waals surface area contributed by atoms with E-state index < -0.39 is 18.1 Å². The zero-order valence-corrected chi connectivity index (χ0v) is 34.3. The fraction of sp³-hybridized carbons (Fsp3) is 0.224. The second kappa shape index (κ2) is 18.2. The van der Waals surface area contributed by atoms with E-state index in [-0.39, 0.29) is 30.3 Å². The van der Waals surface area contributed by atoms with Crippen molar-refractivity contribution in [3.63, 3.8) is 0 Å². The number of hydrogen-bond donors (Lipinski definition) is 2. The second-order valence-electron chi connectivity index (χ2n) is 15.1. The lowest BCUT2D eigenvalue weighted by Crippen LogP contribution is -2.55. The maximum absolute atomic E-state index is 14.4. The largest absolute Gasteiger partial charge is 0.489 e. The first kappa shape index (κ1) is 40.9. The van der Waals surface area contributed by atoms with Crippen molar-refractivity contribution in [3.05, 3.63) is 183 Å². The quantitative estimate of drug-likeness (QED) is 0.119. The molecule has 0 radical (unpaired) electrons. The number of carboxylic acids is 1. The van der Waals surface area contributed by atoms with Gasteiger partial charge in [-0.2, -0.15) is 0 Å². The summed E-state index contributed by atoms with van der Waals surface area (Å²) in [4.78, 5) is 29.2. The minimum Gasteiger partial charge on any atom is -0.489 e. The van der Waals surface area contributed by atoms with Gasteiger partial charge in [0.25, 0.3) is 0 Å². The topological polar surface area (TPSA) is 97.3 Å². The van der Waals surface area contributed by atoms with Crippen molar-refractivity contribution in [1.29, 1.82) is 0 Å². The first-order chi connectivity index (χ1) is 29.1. The van der Waals surface area contributed by atoms with Crippen molar-refractivity contribution in [2.45, 2.75) is 63.6 Å². The molecule has 0 saturated heterocycles. The summed E-state index contributed by atoms with van der Waals surface area (Å²) in [5.74, 6) is 0.126. The molecule has 6 aromatic rings. The zero-order valence-electron chi connectivity index (χ0n) is 32.8. The lowest BCUT2D eigenvalue weighted by molar-refractivity contribution is -0.143. The maximum atomic E-state index is 14.4. The normalized spacial score (nSPS) is 16.9. The highest BCUT2D eigenvalue weighted by atomic mass is 35.5. The van der Waals surface area contributed by atoms with Gasteiger partial charge in [-0.15, -0.1) is 0 Å². The summed E-state index contributed by atoms with van der Waals surface area (Å²) in [5, 5.41) is 14.2. The number of benzene rings is 6. The van der Waals surface area contributed by atoms with Crippen LogP contribution in [0.4, 0.5) is 4.39 Å². The molecule has 2 N–H and O–H groups in total. The highest BCUT2D eigenvalue weighted by Crippen LogP contribution is 2.42. The summed E-state index contributed by atoms with van der Waals surface area (Å²) in [6.07, 6.45) is 0.828. The van der Waals surface area contributed by atoms with E-state index in [9.17, 15) is 19.1 Å². The molecule has 6 aromatic carbocycles. The molecule has 4 unspecified atom stereocenters. The number of carbonyl (C=O) groups is 2. The van der Waals surface area contributed by atoms with Crippen molar-refractivity contribution < 1.29 is 33.3 Å². The number of carboxylic acid groups (broad SMARTS) is 1. The minimum absolute atomic E-state index is 0.0955. The summed E-state index contributed by atoms with van der Waals surface area (Å²) < 4.78 is 32.3. The number of carbonyl (C=O) groups excluding carboxylic acids is 1. The zero-order chi connectivity index (χ0) is 41.8. The lowest BCUT2D eigenvalue weighted by Gasteiger charge is -2.42. The Morgan fingerprint density at radius 2 is 1.52 bits per heavy atom. The van der Waals surface area contributed by atoms with E-state index in [2.05, 4.69) is 29.3 Å². The Hall–Kier alpha value is -5.87. The molecule has 8 rings (SSSR count). The first-order valence-corrected chi connectivity index (χ1v) is 20.7. The molecule has 2 aliphatic heterocycles. The van der Waals surface area contributed by atoms with E-state index in [1.807, 2.05) is 84.9 Å². The second-order valence-corrected chi connectivity index (χ2v) is 15.9. The van der Waals surface area contributed by atoms with Crippen molar-refractivity contribution in [2.24, 2.45) is 0 Å². The van der Waals surface area contributed by atoms with Gasteiger partial charge in [-0.05, 0) is 106 Å². The van der Waals surface area contributed by atoms with Crippen molar-refractivity contribution in [1.82, 2.24) is 10.2 Å². The number of halogens is 3. The van der Waals surface area contributed by atoms with Gasteiger partial charge in [0.05, 0.1) is 16.1 Å². The molecule has 0 saturated carbocycles. The van der Waals surface area contributed by atoms with Crippen LogP contribution in [0.2, 0.25) is 10.0 Å². The summed E-state index contributed by atoms with van der Waals surface area (Å²) >= 11 is 12.2. The fourth-order valence-corrected chi connectivity index (χ4v) is 8.32. The predicted molar refractivity (Wildman–Crippen MR) is 230 cm³/mol. The third-order valence-electron chi connectivity index (χ3n) is 11.2. The molecule has 8 nitrogen and oxygen atoms in total. The van der Waals surface area contributed by atoms with Crippen LogP contribution in [-0.4, -0.2) is 40.6 Å². The van der Waals surface area contributed by atoms with Crippen molar-refractivity contribution in [3.8, 4) is 28.4 Å². The highest BCUT2D eigenvalue weighted by Gasteiger charge is 2.38. The van der Waals surface area contributed by atoms with E-state index in [1.165, 1.54) is 12.1 Å². The summed E-state index contributed by atoms with van der Waals surface area (Å²) in [7, 11) is 0. The summed E-state index contributed by atoms with van der Waals surface area (Å²) in [6, 6.07) is 38.9. The summed E-state index contributed by atoms with van der Waals surface area (Å²) in [6.45, 7) is 3.17. The minimum atomic E-state index is -1.16. The third-order valence-corrected chi connectivity index (χ3v) is 11.9. The van der Waals surface area contributed by atoms with E-state index in [0.29, 0.717) is 53.5 Å². The van der Waals surface area contributed by atoms with Crippen LogP contribution >= 0.6 is 23.2 Å². The SMILES string of the molecule is CCC(c1ccccc1)N1Cc2cc3c(cc2CC1C(=O)NC(Cc1ccc(-c2ccc(F)cc2)cc1)C(=O)O)OCC(c1ccc(OCc2ccc(Cl)c(Cl)c2)cc1)O3. The molecular weight excluding hydrogens is 802 g/mol. The van der Waals surface area contributed by atoms with Crippen LogP contribution < -0.4 is 19.5 Å². The van der Waals surface area contributed by atoms with Gasteiger partial charge in [0.1, 0.15) is 30.8 Å². The molecule has 11 heteroatoms. The number of rotatable bonds is 13. The maximum Gasteiger partial charge on any atom is 0.326 e. The van der Waals surface area contributed by atoms with Crippen LogP contribution in [0.5, 0.6) is 17.2 Å². The summed E-state index contributed by atoms with van der Waals surface area (Å²) in [5.41, 5.74) is 7.35. The Morgan fingerprint density at radius 3 is 2.20 bits per heavy atom. The van der Waals surface area contributed by atoms with E-state index in [1.54, 1.807) is 24.3 Å². The van der Waals surface area contributed by atoms with Crippen LogP contribution in [-0.2, 0) is 35.6 Å². The standard InChI is InChI=1S/C49H43Cl2FN2O6/c1-2-43(34-6-4-3-5-7-34)54-27-37-26-46-45(59-29-47(60-46)35-15-19-39(20-16-35)58-28-31-10-21-40(50)41(51)22-31)25-36(37)24-44(54)48(55)53-42(49(56)57)23-30-8-11-32(12-9-30)33-13-17-38(52)18-14-33/h3-22,25-26,42-44,47H,2,23-24,27-29H2,1H3,(H,53,55)(H,56,57). The Balaban J connectivity index is 0.990. The van der Waals surface area contributed by atoms with Gasteiger partial charge in [-0.1, -0.05) is 115 Å². The number of aliphatic carboxylic acids is 1. The third kappa shape index (κ3) is 9.29. The predicted octanol–water partition coefficient (Wildman–Crippen LogP) is 10.6. The monoisotopic (exact) mass is 844 g/mol. The molecule has 0 bridgehead atoms. The number of nitrogens with one attached hydrogen (secondary N) is 1. The van der Waals surface area contributed by atoms with Crippen molar-refractivity contribution >= 4 is 35.1 Å². The number of nitrogens with zero attached hydrogens (tertiary/aromatic N) is 1. The number of hydrogen-bond acceptors (Lipinski definition) is 6. The Bertz CT molecular complexity index is 2470. The van der Waals surface area contributed by atoms with Crippen LogP contribution in [0.25, 0.3) is 11.1 Å². The number of ether oxygens (including phenoxy) is 3. The van der Waals surface area contributed by atoms with E-state index in [0.717, 1.165) is 50.9 Å². The molecule has 1 amide bonds. The molecule has 2 aliphatic rings. The van der Waals surface area contributed by atoms with Crippen LogP contribution in [0, 0.1) is 5.82 Å². The van der Waals surface area contributed by atoms with Crippen molar-refractivity contribution in [2.75, 3.05) is 6.61 Å². The molecule has 0 aliphatic carbocycles.